The molecule has 0 bridgehead atoms. The quantitative estimate of drug-likeness (QED) is 0.630. The van der Waals surface area contributed by atoms with Crippen LogP contribution in [0.2, 0.25) is 0 Å². The van der Waals surface area contributed by atoms with Crippen LogP contribution in [0.4, 0.5) is 0 Å². The Balaban J connectivity index is 1.69. The number of fused-ring (bicyclic) bond motifs is 1. The van der Waals surface area contributed by atoms with Gasteiger partial charge in [-0.25, -0.2) is 0 Å². The average Bonchev–Trinajstić information content (AvgIpc) is 3.10. The van der Waals surface area contributed by atoms with E-state index in [1.165, 1.54) is 6.26 Å². The van der Waals surface area contributed by atoms with E-state index in [4.69, 9.17) is 4.42 Å². The lowest BCUT2D eigenvalue weighted by Gasteiger charge is -2.05. The Kier molecular flexibility index (Phi) is 3.19. The van der Waals surface area contributed by atoms with Crippen molar-refractivity contribution in [2.75, 3.05) is 0 Å². The lowest BCUT2D eigenvalue weighted by atomic mass is 10.2. The molecule has 106 valence electrons. The van der Waals surface area contributed by atoms with Gasteiger partial charge in [-0.3, -0.25) is 20.4 Å². The second-order valence-electron chi connectivity index (χ2n) is 4.57. The van der Waals surface area contributed by atoms with Crippen LogP contribution in [0.25, 0.3) is 10.9 Å². The number of amides is 2. The van der Waals surface area contributed by atoms with Crippen LogP contribution in [0.1, 0.15) is 26.6 Å². The maximum Gasteiger partial charge on any atom is 0.286 e. The minimum absolute atomic E-state index is 0.375. The van der Waals surface area contributed by atoms with Crippen molar-refractivity contribution < 1.29 is 14.0 Å². The molecule has 6 heteroatoms. The van der Waals surface area contributed by atoms with Crippen LogP contribution in [0.3, 0.4) is 0 Å². The van der Waals surface area contributed by atoms with E-state index in [-0.39, 0.29) is 0 Å². The van der Waals surface area contributed by atoms with E-state index in [1.807, 2.05) is 24.3 Å². The fourth-order valence-corrected chi connectivity index (χ4v) is 2.06. The third kappa shape index (κ3) is 2.51. The number of aromatic amines is 1. The molecular weight excluding hydrogens is 270 g/mol. The molecule has 2 amide bonds. The highest BCUT2D eigenvalue weighted by Gasteiger charge is 2.14. The Labute approximate surface area is 120 Å². The largest absolute Gasteiger partial charge is 0.469 e. The first kappa shape index (κ1) is 13.0. The molecule has 0 radical (unpaired) electrons. The molecule has 3 rings (SSSR count). The Hall–Kier alpha value is -3.02. The number of furan rings is 1. The molecule has 21 heavy (non-hydrogen) atoms. The molecule has 0 fully saturated rings. The number of aromatic nitrogens is 1. The molecule has 1 aromatic carbocycles. The summed E-state index contributed by atoms with van der Waals surface area (Å²) in [6.45, 7) is 1.68. The zero-order valence-corrected chi connectivity index (χ0v) is 11.3. The summed E-state index contributed by atoms with van der Waals surface area (Å²) in [6.07, 6.45) is 1.42. The Morgan fingerprint density at radius 1 is 1.10 bits per heavy atom. The summed E-state index contributed by atoms with van der Waals surface area (Å²) in [6, 6.07) is 10.8. The van der Waals surface area contributed by atoms with Crippen LogP contribution in [0.5, 0.6) is 0 Å². The predicted octanol–water partition coefficient (Wildman–Crippen LogP) is 2.14. The molecule has 2 aromatic heterocycles. The monoisotopic (exact) mass is 283 g/mol. The lowest BCUT2D eigenvalue weighted by molar-refractivity contribution is 0.0843. The van der Waals surface area contributed by atoms with Gasteiger partial charge in [0.2, 0.25) is 0 Å². The summed E-state index contributed by atoms with van der Waals surface area (Å²) in [5.41, 5.74) is 6.33. The molecule has 0 aliphatic carbocycles. The van der Waals surface area contributed by atoms with Crippen molar-refractivity contribution >= 4 is 22.7 Å². The number of rotatable bonds is 2. The first-order chi connectivity index (χ1) is 10.1. The van der Waals surface area contributed by atoms with Gasteiger partial charge in [-0.2, -0.15) is 0 Å². The summed E-state index contributed by atoms with van der Waals surface area (Å²) >= 11 is 0. The molecule has 3 aromatic rings. The lowest BCUT2D eigenvalue weighted by Crippen LogP contribution is -2.41. The maximum atomic E-state index is 12.0. The van der Waals surface area contributed by atoms with Gasteiger partial charge in [0.15, 0.2) is 0 Å². The van der Waals surface area contributed by atoms with Gasteiger partial charge in [-0.1, -0.05) is 18.2 Å². The van der Waals surface area contributed by atoms with E-state index >= 15 is 0 Å². The Morgan fingerprint density at radius 2 is 1.86 bits per heavy atom. The molecule has 0 aliphatic heterocycles. The molecule has 0 saturated carbocycles. The van der Waals surface area contributed by atoms with Crippen molar-refractivity contribution in [1.29, 1.82) is 0 Å². The normalized spacial score (nSPS) is 10.5. The van der Waals surface area contributed by atoms with E-state index in [0.29, 0.717) is 17.0 Å². The van der Waals surface area contributed by atoms with E-state index in [9.17, 15) is 9.59 Å². The summed E-state index contributed by atoms with van der Waals surface area (Å²) in [5, 5.41) is 0.930. The number of hydrogen-bond acceptors (Lipinski definition) is 3. The number of H-pyrrole nitrogens is 1. The second-order valence-corrected chi connectivity index (χ2v) is 4.57. The Morgan fingerprint density at radius 3 is 2.57 bits per heavy atom. The Bertz CT molecular complexity index is 783. The number of hydrogen-bond donors (Lipinski definition) is 3. The number of nitrogens with one attached hydrogen (secondary N) is 3. The van der Waals surface area contributed by atoms with Gasteiger partial charge >= 0.3 is 0 Å². The summed E-state index contributed by atoms with van der Waals surface area (Å²) < 4.78 is 5.04. The van der Waals surface area contributed by atoms with Gasteiger partial charge in [-0.15, -0.1) is 0 Å². The van der Waals surface area contributed by atoms with Crippen molar-refractivity contribution in [3.05, 3.63) is 59.7 Å². The van der Waals surface area contributed by atoms with E-state index < -0.39 is 11.8 Å². The number of carbonyl (C=O) groups is 2. The highest BCUT2D eigenvalue weighted by molar-refractivity contribution is 6.01. The van der Waals surface area contributed by atoms with Crippen LogP contribution in [0.15, 0.2) is 47.1 Å². The predicted molar refractivity (Wildman–Crippen MR) is 76.7 cm³/mol. The van der Waals surface area contributed by atoms with Crippen molar-refractivity contribution in [2.45, 2.75) is 6.92 Å². The summed E-state index contributed by atoms with van der Waals surface area (Å²) in [7, 11) is 0. The van der Waals surface area contributed by atoms with Crippen LogP contribution >= 0.6 is 0 Å². The van der Waals surface area contributed by atoms with E-state index in [2.05, 4.69) is 15.8 Å². The van der Waals surface area contributed by atoms with Gasteiger partial charge in [0, 0.05) is 10.9 Å². The average molecular weight is 283 g/mol. The number of aryl methyl sites for hydroxylation is 1. The summed E-state index contributed by atoms with van der Waals surface area (Å²) in [4.78, 5) is 26.8. The minimum Gasteiger partial charge on any atom is -0.469 e. The topological polar surface area (TPSA) is 87.1 Å². The standard InChI is InChI=1S/C15H13N3O3/c1-9-11(6-7-21-9)14(19)17-18-15(20)13-8-10-4-2-3-5-12(10)16-13/h2-8,16H,1H3,(H,17,19)(H,18,20). The smallest absolute Gasteiger partial charge is 0.286 e. The third-order valence-electron chi connectivity index (χ3n) is 3.17. The molecule has 0 atom stereocenters. The highest BCUT2D eigenvalue weighted by Crippen LogP contribution is 2.14. The van der Waals surface area contributed by atoms with Gasteiger partial charge in [-0.05, 0) is 25.1 Å². The zero-order valence-electron chi connectivity index (χ0n) is 11.3. The van der Waals surface area contributed by atoms with Gasteiger partial charge in [0.25, 0.3) is 11.8 Å². The molecule has 0 saturated heterocycles. The van der Waals surface area contributed by atoms with Crippen LogP contribution in [-0.2, 0) is 0 Å². The number of para-hydroxylation sites is 1. The molecule has 6 nitrogen and oxygen atoms in total. The number of benzene rings is 1. The SMILES string of the molecule is Cc1occc1C(=O)NNC(=O)c1cc2ccccc2[nH]1. The van der Waals surface area contributed by atoms with Crippen molar-refractivity contribution in [1.82, 2.24) is 15.8 Å². The highest BCUT2D eigenvalue weighted by atomic mass is 16.3. The number of hydrazine groups is 1. The number of carbonyl (C=O) groups excluding carboxylic acids is 2. The van der Waals surface area contributed by atoms with Crippen LogP contribution in [0, 0.1) is 6.92 Å². The first-order valence-corrected chi connectivity index (χ1v) is 6.37. The van der Waals surface area contributed by atoms with E-state index in [1.54, 1.807) is 19.1 Å². The second kappa shape index (κ2) is 5.16. The van der Waals surface area contributed by atoms with Gasteiger partial charge in [0.1, 0.15) is 11.5 Å². The van der Waals surface area contributed by atoms with Crippen molar-refractivity contribution in [2.24, 2.45) is 0 Å². The minimum atomic E-state index is -0.425. The molecule has 0 aliphatic rings. The maximum absolute atomic E-state index is 12.0. The van der Waals surface area contributed by atoms with Crippen molar-refractivity contribution in [3.8, 4) is 0 Å². The van der Waals surface area contributed by atoms with E-state index in [0.717, 1.165) is 10.9 Å². The third-order valence-corrected chi connectivity index (χ3v) is 3.17. The molecular formula is C15H13N3O3. The first-order valence-electron chi connectivity index (χ1n) is 6.37. The zero-order chi connectivity index (χ0) is 14.8. The molecule has 0 unspecified atom stereocenters. The van der Waals surface area contributed by atoms with Crippen molar-refractivity contribution in [3.63, 3.8) is 0 Å². The molecule has 3 N–H and O–H groups in total. The molecule has 2 heterocycles. The molecule has 0 spiro atoms. The van der Waals surface area contributed by atoms with Crippen LogP contribution in [-0.4, -0.2) is 16.8 Å². The van der Waals surface area contributed by atoms with Gasteiger partial charge < -0.3 is 9.40 Å². The van der Waals surface area contributed by atoms with Crippen LogP contribution < -0.4 is 10.9 Å². The fourth-order valence-electron chi connectivity index (χ4n) is 2.06. The summed E-state index contributed by atoms with van der Waals surface area (Å²) in [5.74, 6) is -0.348. The van der Waals surface area contributed by atoms with Gasteiger partial charge in [0.05, 0.1) is 11.8 Å². The fraction of sp³-hybridized carbons (Fsp3) is 0.0667.